The van der Waals surface area contributed by atoms with Crippen LogP contribution in [0.15, 0.2) is 36.4 Å². The molecule has 0 nitrogen and oxygen atoms in total. The van der Waals surface area contributed by atoms with E-state index < -0.39 is 0 Å². The van der Waals surface area contributed by atoms with Crippen molar-refractivity contribution < 1.29 is 0 Å². The van der Waals surface area contributed by atoms with Crippen LogP contribution in [0.3, 0.4) is 0 Å². The zero-order valence-corrected chi connectivity index (χ0v) is 8.29. The van der Waals surface area contributed by atoms with Crippen LogP contribution in [-0.4, -0.2) is 0 Å². The Bertz CT molecular complexity index is 489. The van der Waals surface area contributed by atoms with Gasteiger partial charge in [-0.3, -0.25) is 0 Å². The van der Waals surface area contributed by atoms with Gasteiger partial charge in [-0.2, -0.15) is 0 Å². The number of rotatable bonds is 1. The highest BCUT2D eigenvalue weighted by atomic mass is 14.0. The van der Waals surface area contributed by atoms with Crippen molar-refractivity contribution in [2.45, 2.75) is 12.8 Å². The van der Waals surface area contributed by atoms with E-state index in [1.165, 1.54) is 11.1 Å². The molecule has 0 saturated carbocycles. The van der Waals surface area contributed by atoms with Crippen molar-refractivity contribution in [3.05, 3.63) is 52.4 Å². The SMILES string of the molecule is C=c1ccc(C2=CCCC=C2)cc1=C. The van der Waals surface area contributed by atoms with Crippen molar-refractivity contribution in [2.75, 3.05) is 0 Å². The van der Waals surface area contributed by atoms with Gasteiger partial charge < -0.3 is 0 Å². The van der Waals surface area contributed by atoms with Gasteiger partial charge in [-0.15, -0.1) is 0 Å². The van der Waals surface area contributed by atoms with Gasteiger partial charge in [0.2, 0.25) is 0 Å². The normalized spacial score (nSPS) is 15.3. The minimum Gasteiger partial charge on any atom is -0.0912 e. The lowest BCUT2D eigenvalue weighted by atomic mass is 9.99. The molecule has 2 rings (SSSR count). The van der Waals surface area contributed by atoms with Crippen LogP contribution in [0, 0.1) is 0 Å². The van der Waals surface area contributed by atoms with Gasteiger partial charge in [0.1, 0.15) is 0 Å². The molecule has 1 aromatic rings. The second kappa shape index (κ2) is 3.67. The number of allylic oxidation sites excluding steroid dienone is 4. The van der Waals surface area contributed by atoms with Crippen molar-refractivity contribution in [1.29, 1.82) is 0 Å². The van der Waals surface area contributed by atoms with Crippen LogP contribution in [0.25, 0.3) is 18.7 Å². The van der Waals surface area contributed by atoms with Gasteiger partial charge in [0.15, 0.2) is 0 Å². The van der Waals surface area contributed by atoms with E-state index in [9.17, 15) is 0 Å². The number of benzene rings is 1. The van der Waals surface area contributed by atoms with Gasteiger partial charge in [-0.05, 0) is 40.5 Å². The predicted octanol–water partition coefficient (Wildman–Crippen LogP) is 2.24. The maximum Gasteiger partial charge on any atom is -0.0181 e. The van der Waals surface area contributed by atoms with Gasteiger partial charge in [-0.1, -0.05) is 43.5 Å². The maximum absolute atomic E-state index is 3.96. The Morgan fingerprint density at radius 1 is 1.00 bits per heavy atom. The average Bonchev–Trinajstić information content (AvgIpc) is 2.23. The predicted molar refractivity (Wildman–Crippen MR) is 63.1 cm³/mol. The Labute approximate surface area is 84.6 Å². The standard InChI is InChI=1S/C14H14/c1-11-8-9-14(10-12(11)2)13-6-4-3-5-7-13/h4,6-10H,1-3,5H2. The van der Waals surface area contributed by atoms with Gasteiger partial charge in [-0.25, -0.2) is 0 Å². The topological polar surface area (TPSA) is 0 Å². The first kappa shape index (κ1) is 9.01. The van der Waals surface area contributed by atoms with Crippen molar-refractivity contribution in [3.8, 4) is 0 Å². The molecule has 0 heteroatoms. The van der Waals surface area contributed by atoms with Crippen molar-refractivity contribution in [3.63, 3.8) is 0 Å². The molecule has 0 amide bonds. The van der Waals surface area contributed by atoms with Gasteiger partial charge in [0, 0.05) is 0 Å². The first-order valence-corrected chi connectivity index (χ1v) is 4.92. The van der Waals surface area contributed by atoms with E-state index in [-0.39, 0.29) is 0 Å². The zero-order valence-electron chi connectivity index (χ0n) is 8.29. The Morgan fingerprint density at radius 2 is 1.86 bits per heavy atom. The van der Waals surface area contributed by atoms with Crippen LogP contribution in [0.4, 0.5) is 0 Å². The van der Waals surface area contributed by atoms with Gasteiger partial charge in [0.05, 0.1) is 0 Å². The smallest absolute Gasteiger partial charge is 0.0181 e. The molecule has 0 aliphatic heterocycles. The lowest BCUT2D eigenvalue weighted by molar-refractivity contribution is 1.04. The van der Waals surface area contributed by atoms with E-state index >= 15 is 0 Å². The minimum absolute atomic E-state index is 1.01. The summed E-state index contributed by atoms with van der Waals surface area (Å²) in [6.07, 6.45) is 8.98. The van der Waals surface area contributed by atoms with E-state index in [2.05, 4.69) is 43.5 Å². The first-order valence-electron chi connectivity index (χ1n) is 4.92. The Morgan fingerprint density at radius 3 is 2.50 bits per heavy atom. The van der Waals surface area contributed by atoms with Crippen LogP contribution < -0.4 is 10.4 Å². The third-order valence-corrected chi connectivity index (χ3v) is 2.53. The maximum atomic E-state index is 3.96. The van der Waals surface area contributed by atoms with Crippen LogP contribution >= 0.6 is 0 Å². The third-order valence-electron chi connectivity index (χ3n) is 2.53. The first-order chi connectivity index (χ1) is 6.77. The second-order valence-corrected chi connectivity index (χ2v) is 3.62. The summed E-state index contributed by atoms with van der Waals surface area (Å²) in [6, 6.07) is 6.24. The Kier molecular flexibility index (Phi) is 2.36. The summed E-state index contributed by atoms with van der Waals surface area (Å²) < 4.78 is 0. The van der Waals surface area contributed by atoms with Gasteiger partial charge in [0.25, 0.3) is 0 Å². The molecule has 0 spiro atoms. The minimum atomic E-state index is 1.01. The lowest BCUT2D eigenvalue weighted by Crippen LogP contribution is -2.20. The van der Waals surface area contributed by atoms with Crippen LogP contribution in [-0.2, 0) is 0 Å². The molecule has 0 atom stereocenters. The summed E-state index contributed by atoms with van der Waals surface area (Å²) in [6.45, 7) is 7.87. The Balaban J connectivity index is 2.47. The average molecular weight is 182 g/mol. The van der Waals surface area contributed by atoms with E-state index in [0.717, 1.165) is 23.3 Å². The molecule has 1 aliphatic carbocycles. The summed E-state index contributed by atoms with van der Waals surface area (Å²) in [5.41, 5.74) is 2.56. The highest BCUT2D eigenvalue weighted by Gasteiger charge is 1.99. The van der Waals surface area contributed by atoms with Crippen LogP contribution in [0.5, 0.6) is 0 Å². The molecule has 14 heavy (non-hydrogen) atoms. The van der Waals surface area contributed by atoms with Gasteiger partial charge >= 0.3 is 0 Å². The summed E-state index contributed by atoms with van der Waals surface area (Å²) in [5.74, 6) is 0. The lowest BCUT2D eigenvalue weighted by Gasteiger charge is -2.06. The number of hydrogen-bond donors (Lipinski definition) is 0. The van der Waals surface area contributed by atoms with Crippen molar-refractivity contribution >= 4 is 18.7 Å². The zero-order chi connectivity index (χ0) is 9.97. The molecule has 0 heterocycles. The second-order valence-electron chi connectivity index (χ2n) is 3.62. The molecule has 0 radical (unpaired) electrons. The molecule has 0 saturated heterocycles. The molecule has 0 aromatic heterocycles. The molecular weight excluding hydrogens is 168 g/mol. The molecule has 0 N–H and O–H groups in total. The highest BCUT2D eigenvalue weighted by molar-refractivity contribution is 5.74. The molecule has 0 unspecified atom stereocenters. The molecule has 70 valence electrons. The summed E-state index contributed by atoms with van der Waals surface area (Å²) in [7, 11) is 0. The monoisotopic (exact) mass is 182 g/mol. The van der Waals surface area contributed by atoms with E-state index in [1.54, 1.807) is 0 Å². The Hall–Kier alpha value is -1.56. The van der Waals surface area contributed by atoms with Crippen LogP contribution in [0.2, 0.25) is 0 Å². The van der Waals surface area contributed by atoms with E-state index in [4.69, 9.17) is 0 Å². The fraction of sp³-hybridized carbons (Fsp3) is 0.143. The number of hydrogen-bond acceptors (Lipinski definition) is 0. The van der Waals surface area contributed by atoms with Crippen molar-refractivity contribution in [2.24, 2.45) is 0 Å². The third kappa shape index (κ3) is 1.69. The summed E-state index contributed by atoms with van der Waals surface area (Å²) in [5, 5.41) is 2.02. The largest absolute Gasteiger partial charge is 0.0912 e. The molecule has 0 fully saturated rings. The van der Waals surface area contributed by atoms with Crippen LogP contribution in [0.1, 0.15) is 18.4 Å². The quantitative estimate of drug-likeness (QED) is 0.625. The molecule has 1 aliphatic rings. The molecule has 0 bridgehead atoms. The van der Waals surface area contributed by atoms with E-state index in [0.29, 0.717) is 0 Å². The van der Waals surface area contributed by atoms with Crippen molar-refractivity contribution in [1.82, 2.24) is 0 Å². The summed E-state index contributed by atoms with van der Waals surface area (Å²) >= 11 is 0. The molecule has 1 aromatic carbocycles. The van der Waals surface area contributed by atoms with E-state index in [1.807, 2.05) is 6.07 Å². The fourth-order valence-electron chi connectivity index (χ4n) is 1.63. The fourth-order valence-corrected chi connectivity index (χ4v) is 1.63. The summed E-state index contributed by atoms with van der Waals surface area (Å²) in [4.78, 5) is 0. The molecular formula is C14H14. The highest BCUT2D eigenvalue weighted by Crippen LogP contribution is 2.19.